The van der Waals surface area contributed by atoms with E-state index in [1.54, 1.807) is 13.1 Å². The molecule has 0 saturated carbocycles. The van der Waals surface area contributed by atoms with E-state index in [0.29, 0.717) is 17.7 Å². The lowest BCUT2D eigenvalue weighted by molar-refractivity contribution is -0.142. The number of rotatable bonds is 4. The number of carboxylic acid groups (broad SMARTS) is 1. The molecule has 1 aliphatic heterocycles. The molecule has 6 nitrogen and oxygen atoms in total. The van der Waals surface area contributed by atoms with Gasteiger partial charge in [-0.2, -0.15) is 0 Å². The Kier molecular flexibility index (Phi) is 3.90. The molecule has 0 bridgehead atoms. The van der Waals surface area contributed by atoms with Gasteiger partial charge in [0.1, 0.15) is 11.7 Å². The molecular weight excluding hydrogens is 250 g/mol. The number of ether oxygens (including phenoxy) is 1. The van der Waals surface area contributed by atoms with Crippen molar-refractivity contribution in [1.29, 1.82) is 0 Å². The Morgan fingerprint density at radius 1 is 1.47 bits per heavy atom. The molecule has 1 aromatic heterocycles. The molecule has 1 amide bonds. The number of carbonyl (C=O) groups is 2. The van der Waals surface area contributed by atoms with Gasteiger partial charge in [-0.15, -0.1) is 0 Å². The van der Waals surface area contributed by atoms with Crippen molar-refractivity contribution in [1.82, 2.24) is 4.90 Å². The number of likely N-dealkylation sites (N-methyl/N-ethyl adjacent to an activating group) is 1. The molecule has 0 aliphatic carbocycles. The van der Waals surface area contributed by atoms with Crippen molar-refractivity contribution in [2.45, 2.75) is 19.4 Å². The maximum Gasteiger partial charge on any atom is 0.311 e. The molecule has 0 aromatic carbocycles. The molecule has 2 atom stereocenters. The standard InChI is InChI=1S/C13H17NO5/c1-3-11-8(4-5-19-11)12(15)14(2)10-7-18-6-9(10)13(16)17/h4-5,9-10H,3,6-7H2,1-2H3,(H,16,17). The number of carboxylic acids is 1. The summed E-state index contributed by atoms with van der Waals surface area (Å²) in [4.78, 5) is 24.9. The van der Waals surface area contributed by atoms with E-state index in [1.165, 1.54) is 11.2 Å². The van der Waals surface area contributed by atoms with Crippen molar-refractivity contribution in [2.75, 3.05) is 20.3 Å². The fourth-order valence-electron chi connectivity index (χ4n) is 2.31. The summed E-state index contributed by atoms with van der Waals surface area (Å²) in [6, 6.07) is 1.17. The van der Waals surface area contributed by atoms with Gasteiger partial charge in [0, 0.05) is 13.5 Å². The van der Waals surface area contributed by atoms with Crippen molar-refractivity contribution >= 4 is 11.9 Å². The Hall–Kier alpha value is -1.82. The Balaban J connectivity index is 2.17. The van der Waals surface area contributed by atoms with E-state index in [-0.39, 0.29) is 19.1 Å². The predicted molar refractivity (Wildman–Crippen MR) is 65.9 cm³/mol. The first-order valence-electron chi connectivity index (χ1n) is 6.20. The topological polar surface area (TPSA) is 80.0 Å². The van der Waals surface area contributed by atoms with Gasteiger partial charge in [-0.25, -0.2) is 0 Å². The quantitative estimate of drug-likeness (QED) is 0.880. The number of aliphatic carboxylic acids is 1. The van der Waals surface area contributed by atoms with Gasteiger partial charge in [0.2, 0.25) is 0 Å². The first-order chi connectivity index (χ1) is 9.06. The summed E-state index contributed by atoms with van der Waals surface area (Å²) in [5.41, 5.74) is 0.487. The number of aryl methyl sites for hydroxylation is 1. The van der Waals surface area contributed by atoms with Crippen LogP contribution in [0.4, 0.5) is 0 Å². The monoisotopic (exact) mass is 267 g/mol. The molecule has 104 valence electrons. The van der Waals surface area contributed by atoms with Crippen molar-refractivity contribution in [3.63, 3.8) is 0 Å². The van der Waals surface area contributed by atoms with E-state index in [4.69, 9.17) is 14.3 Å². The number of carbonyl (C=O) groups excluding carboxylic acids is 1. The third-order valence-electron chi connectivity index (χ3n) is 3.48. The number of nitrogens with zero attached hydrogens (tertiary/aromatic N) is 1. The number of amides is 1. The summed E-state index contributed by atoms with van der Waals surface area (Å²) in [5.74, 6) is -1.23. The molecule has 1 fully saturated rings. The van der Waals surface area contributed by atoms with Crippen LogP contribution >= 0.6 is 0 Å². The maximum absolute atomic E-state index is 12.4. The van der Waals surface area contributed by atoms with Gasteiger partial charge < -0.3 is 19.2 Å². The molecule has 1 N–H and O–H groups in total. The first kappa shape index (κ1) is 13.6. The highest BCUT2D eigenvalue weighted by Gasteiger charge is 2.39. The third-order valence-corrected chi connectivity index (χ3v) is 3.48. The predicted octanol–water partition coefficient (Wildman–Crippen LogP) is 1.01. The van der Waals surface area contributed by atoms with Crippen LogP contribution in [0.3, 0.4) is 0 Å². The zero-order valence-corrected chi connectivity index (χ0v) is 11.0. The lowest BCUT2D eigenvalue weighted by Gasteiger charge is -2.26. The molecule has 2 unspecified atom stereocenters. The summed E-state index contributed by atoms with van der Waals surface area (Å²) < 4.78 is 10.4. The van der Waals surface area contributed by atoms with Gasteiger partial charge in [-0.05, 0) is 6.07 Å². The van der Waals surface area contributed by atoms with E-state index >= 15 is 0 Å². The maximum atomic E-state index is 12.4. The highest BCUT2D eigenvalue weighted by molar-refractivity contribution is 5.95. The SMILES string of the molecule is CCc1occc1C(=O)N(C)C1COCC1C(=O)O. The average molecular weight is 267 g/mol. The normalized spacial score (nSPS) is 22.4. The van der Waals surface area contributed by atoms with Crippen LogP contribution < -0.4 is 0 Å². The van der Waals surface area contributed by atoms with Crippen LogP contribution in [0.1, 0.15) is 23.0 Å². The zero-order chi connectivity index (χ0) is 14.0. The van der Waals surface area contributed by atoms with Crippen molar-refractivity contribution in [3.05, 3.63) is 23.7 Å². The Morgan fingerprint density at radius 2 is 2.21 bits per heavy atom. The van der Waals surface area contributed by atoms with Gasteiger partial charge >= 0.3 is 5.97 Å². The molecule has 2 heterocycles. The first-order valence-corrected chi connectivity index (χ1v) is 6.20. The van der Waals surface area contributed by atoms with Crippen molar-refractivity contribution in [3.8, 4) is 0 Å². The van der Waals surface area contributed by atoms with Crippen LogP contribution in [0.25, 0.3) is 0 Å². The van der Waals surface area contributed by atoms with E-state index in [2.05, 4.69) is 0 Å². The summed E-state index contributed by atoms with van der Waals surface area (Å²) in [5, 5.41) is 9.11. The van der Waals surface area contributed by atoms with E-state index in [9.17, 15) is 9.59 Å². The molecule has 1 aliphatic rings. The molecule has 0 spiro atoms. The van der Waals surface area contributed by atoms with Crippen LogP contribution in [-0.4, -0.2) is 48.2 Å². The summed E-state index contributed by atoms with van der Waals surface area (Å²) >= 11 is 0. The third kappa shape index (κ3) is 2.49. The van der Waals surface area contributed by atoms with Crippen molar-refractivity contribution in [2.24, 2.45) is 5.92 Å². The molecule has 1 saturated heterocycles. The second-order valence-electron chi connectivity index (χ2n) is 4.58. The Bertz CT molecular complexity index is 481. The van der Waals surface area contributed by atoms with Crippen LogP contribution in [0.15, 0.2) is 16.7 Å². The van der Waals surface area contributed by atoms with Gasteiger partial charge in [0.05, 0.1) is 31.1 Å². The lowest BCUT2D eigenvalue weighted by atomic mass is 10.0. The lowest BCUT2D eigenvalue weighted by Crippen LogP contribution is -2.44. The molecule has 1 aromatic rings. The number of hydrogen-bond acceptors (Lipinski definition) is 4. The molecule has 6 heteroatoms. The second kappa shape index (κ2) is 5.44. The fourth-order valence-corrected chi connectivity index (χ4v) is 2.31. The highest BCUT2D eigenvalue weighted by Crippen LogP contribution is 2.22. The molecule has 19 heavy (non-hydrogen) atoms. The number of hydrogen-bond donors (Lipinski definition) is 1. The van der Waals surface area contributed by atoms with Gasteiger partial charge in [0.15, 0.2) is 0 Å². The molecular formula is C13H17NO5. The number of furan rings is 1. The Labute approximate surface area is 110 Å². The van der Waals surface area contributed by atoms with Gasteiger partial charge in [-0.3, -0.25) is 9.59 Å². The van der Waals surface area contributed by atoms with E-state index in [0.717, 1.165) is 0 Å². The minimum atomic E-state index is -0.940. The summed E-state index contributed by atoms with van der Waals surface area (Å²) in [7, 11) is 1.60. The Morgan fingerprint density at radius 3 is 2.84 bits per heavy atom. The average Bonchev–Trinajstić information content (AvgIpc) is 3.04. The van der Waals surface area contributed by atoms with E-state index in [1.807, 2.05) is 6.92 Å². The fraction of sp³-hybridized carbons (Fsp3) is 0.538. The van der Waals surface area contributed by atoms with E-state index < -0.39 is 17.9 Å². The summed E-state index contributed by atoms with van der Waals surface area (Å²) in [6.45, 7) is 2.29. The van der Waals surface area contributed by atoms with Crippen LogP contribution in [0, 0.1) is 5.92 Å². The van der Waals surface area contributed by atoms with Crippen LogP contribution in [0.5, 0.6) is 0 Å². The second-order valence-corrected chi connectivity index (χ2v) is 4.58. The van der Waals surface area contributed by atoms with Gasteiger partial charge in [0.25, 0.3) is 5.91 Å². The van der Waals surface area contributed by atoms with Gasteiger partial charge in [-0.1, -0.05) is 6.92 Å². The highest BCUT2D eigenvalue weighted by atomic mass is 16.5. The minimum Gasteiger partial charge on any atom is -0.481 e. The minimum absolute atomic E-state index is 0.143. The molecule has 2 rings (SSSR count). The largest absolute Gasteiger partial charge is 0.481 e. The van der Waals surface area contributed by atoms with Crippen LogP contribution in [0.2, 0.25) is 0 Å². The molecule has 0 radical (unpaired) electrons. The smallest absolute Gasteiger partial charge is 0.311 e. The van der Waals surface area contributed by atoms with Crippen molar-refractivity contribution < 1.29 is 23.8 Å². The summed E-state index contributed by atoms with van der Waals surface area (Å²) in [6.07, 6.45) is 2.09. The van der Waals surface area contributed by atoms with Crippen LogP contribution in [-0.2, 0) is 16.0 Å². The zero-order valence-electron chi connectivity index (χ0n) is 11.0.